The first-order valence-corrected chi connectivity index (χ1v) is 9.23. The van der Waals surface area contributed by atoms with E-state index in [1.54, 1.807) is 0 Å². The number of aromatic amines is 1. The van der Waals surface area contributed by atoms with Crippen molar-refractivity contribution < 1.29 is 9.90 Å². The summed E-state index contributed by atoms with van der Waals surface area (Å²) < 4.78 is 0. The summed E-state index contributed by atoms with van der Waals surface area (Å²) in [6.45, 7) is 5.23. The molecule has 0 radical (unpaired) electrons. The van der Waals surface area contributed by atoms with E-state index in [0.717, 1.165) is 43.9 Å². The Balaban J connectivity index is 1.76. The number of amides is 1. The molecule has 1 aromatic carbocycles. The maximum absolute atomic E-state index is 13.0. The van der Waals surface area contributed by atoms with Crippen molar-refractivity contribution in [3.05, 3.63) is 47.5 Å². The van der Waals surface area contributed by atoms with Gasteiger partial charge in [-0.1, -0.05) is 30.3 Å². The number of hydrogen-bond donors (Lipinski definition) is 2. The van der Waals surface area contributed by atoms with Crippen molar-refractivity contribution in [2.45, 2.75) is 32.2 Å². The highest BCUT2D eigenvalue weighted by atomic mass is 16.3. The van der Waals surface area contributed by atoms with Crippen LogP contribution in [0.4, 0.5) is 0 Å². The Kier molecular flexibility index (Phi) is 6.35. The first-order valence-electron chi connectivity index (χ1n) is 9.23. The van der Waals surface area contributed by atoms with Gasteiger partial charge in [-0.15, -0.1) is 0 Å². The van der Waals surface area contributed by atoms with Crippen LogP contribution in [-0.4, -0.2) is 68.8 Å². The molecule has 0 bridgehead atoms. The predicted molar refractivity (Wildman–Crippen MR) is 98.5 cm³/mol. The molecule has 1 atom stereocenters. The first-order chi connectivity index (χ1) is 12.7. The normalized spacial score (nSPS) is 18.7. The molecule has 1 fully saturated rings. The second-order valence-corrected chi connectivity index (χ2v) is 6.75. The highest BCUT2D eigenvalue weighted by Crippen LogP contribution is 2.25. The van der Waals surface area contributed by atoms with Crippen LogP contribution < -0.4 is 0 Å². The molecule has 1 aliphatic rings. The molecule has 1 saturated heterocycles. The molecule has 2 N–H and O–H groups in total. The summed E-state index contributed by atoms with van der Waals surface area (Å²) >= 11 is 0. The van der Waals surface area contributed by atoms with E-state index in [4.69, 9.17) is 5.11 Å². The fraction of sp³-hybridized carbons (Fsp3) is 0.526. The molecule has 1 unspecified atom stereocenters. The summed E-state index contributed by atoms with van der Waals surface area (Å²) in [4.78, 5) is 21.7. The molecule has 1 aliphatic heterocycles. The molecule has 2 heterocycles. The number of rotatable bonds is 6. The van der Waals surface area contributed by atoms with Crippen molar-refractivity contribution >= 4 is 5.91 Å². The zero-order valence-electron chi connectivity index (χ0n) is 15.3. The fourth-order valence-electron chi connectivity index (χ4n) is 3.44. The molecule has 0 saturated carbocycles. The second kappa shape index (κ2) is 8.91. The van der Waals surface area contributed by atoms with Crippen LogP contribution in [0.5, 0.6) is 0 Å². The maximum Gasteiger partial charge on any atom is 0.227 e. The van der Waals surface area contributed by atoms with Gasteiger partial charge in [0.1, 0.15) is 5.82 Å². The molecule has 0 spiro atoms. The number of aliphatic hydroxyl groups is 1. The molecule has 0 aliphatic carbocycles. The zero-order chi connectivity index (χ0) is 18.4. The lowest BCUT2D eigenvalue weighted by Gasteiger charge is -2.28. The number of nitrogens with zero attached hydrogens (tertiary/aromatic N) is 4. The fourth-order valence-corrected chi connectivity index (χ4v) is 3.44. The highest BCUT2D eigenvalue weighted by molar-refractivity contribution is 5.79. The highest BCUT2D eigenvalue weighted by Gasteiger charge is 2.31. The minimum absolute atomic E-state index is 0.104. The molecule has 2 aromatic rings. The Morgan fingerprint density at radius 1 is 1.27 bits per heavy atom. The van der Waals surface area contributed by atoms with Crippen LogP contribution in [0.2, 0.25) is 0 Å². The van der Waals surface area contributed by atoms with Crippen LogP contribution in [0.25, 0.3) is 0 Å². The quantitative estimate of drug-likeness (QED) is 0.814. The van der Waals surface area contributed by atoms with E-state index in [-0.39, 0.29) is 18.6 Å². The summed E-state index contributed by atoms with van der Waals surface area (Å²) in [6, 6.07) is 9.72. The van der Waals surface area contributed by atoms with Crippen molar-refractivity contribution in [1.82, 2.24) is 25.0 Å². The van der Waals surface area contributed by atoms with Gasteiger partial charge in [-0.25, -0.2) is 4.98 Å². The van der Waals surface area contributed by atoms with Gasteiger partial charge in [0.2, 0.25) is 5.91 Å². The number of carbonyl (C=O) groups excluding carboxylic acids is 1. The van der Waals surface area contributed by atoms with Crippen LogP contribution in [0.15, 0.2) is 30.3 Å². The van der Waals surface area contributed by atoms with Gasteiger partial charge in [0, 0.05) is 32.8 Å². The van der Waals surface area contributed by atoms with E-state index in [1.807, 2.05) is 42.2 Å². The first kappa shape index (κ1) is 18.5. The van der Waals surface area contributed by atoms with E-state index < -0.39 is 0 Å². The van der Waals surface area contributed by atoms with Crippen LogP contribution in [0, 0.1) is 6.92 Å². The van der Waals surface area contributed by atoms with E-state index in [0.29, 0.717) is 18.8 Å². The summed E-state index contributed by atoms with van der Waals surface area (Å²) in [5.41, 5.74) is 1.02. The number of aryl methyl sites for hydroxylation is 1. The summed E-state index contributed by atoms with van der Waals surface area (Å²) in [7, 11) is 0. The van der Waals surface area contributed by atoms with Gasteiger partial charge >= 0.3 is 0 Å². The number of nitrogens with one attached hydrogen (secondary N) is 1. The van der Waals surface area contributed by atoms with Gasteiger partial charge in [-0.2, -0.15) is 5.10 Å². The lowest BCUT2D eigenvalue weighted by Crippen LogP contribution is -2.38. The van der Waals surface area contributed by atoms with E-state index >= 15 is 0 Å². The van der Waals surface area contributed by atoms with Crippen molar-refractivity contribution in [2.24, 2.45) is 0 Å². The summed E-state index contributed by atoms with van der Waals surface area (Å²) in [5.74, 6) is 1.55. The number of aliphatic hydroxyl groups excluding tert-OH is 1. The summed E-state index contributed by atoms with van der Waals surface area (Å²) in [6.07, 6.45) is 1.93. The maximum atomic E-state index is 13.0. The van der Waals surface area contributed by atoms with Gasteiger partial charge in [0.25, 0.3) is 0 Å². The molecule has 1 amide bonds. The minimum Gasteiger partial charge on any atom is -0.396 e. The van der Waals surface area contributed by atoms with E-state index in [1.165, 1.54) is 0 Å². The topological polar surface area (TPSA) is 85.3 Å². The van der Waals surface area contributed by atoms with E-state index in [2.05, 4.69) is 20.1 Å². The van der Waals surface area contributed by atoms with Crippen LogP contribution in [-0.2, 0) is 11.2 Å². The van der Waals surface area contributed by atoms with Crippen molar-refractivity contribution in [1.29, 1.82) is 0 Å². The molecule has 1 aromatic heterocycles. The average molecular weight is 357 g/mol. The Morgan fingerprint density at radius 3 is 2.77 bits per heavy atom. The average Bonchev–Trinajstić information content (AvgIpc) is 2.96. The van der Waals surface area contributed by atoms with Gasteiger partial charge in [0.15, 0.2) is 5.82 Å². The smallest absolute Gasteiger partial charge is 0.227 e. The van der Waals surface area contributed by atoms with E-state index in [9.17, 15) is 4.79 Å². The number of hydrogen-bond acceptors (Lipinski definition) is 5. The van der Waals surface area contributed by atoms with Crippen LogP contribution in [0.1, 0.15) is 36.1 Å². The summed E-state index contributed by atoms with van der Waals surface area (Å²) in [5, 5.41) is 16.3. The standard InChI is InChI=1S/C19H27N5O2/c1-15-20-19(22-21-15)17-8-10-23(9-5-13-25)11-12-24(17)18(26)14-16-6-3-2-4-7-16/h2-4,6-7,17,25H,5,8-14H2,1H3,(H,20,21,22). The molecule has 140 valence electrons. The van der Waals surface area contributed by atoms with Crippen molar-refractivity contribution in [3.63, 3.8) is 0 Å². The molecule has 7 nitrogen and oxygen atoms in total. The van der Waals surface area contributed by atoms with Crippen LogP contribution >= 0.6 is 0 Å². The van der Waals surface area contributed by atoms with Gasteiger partial charge in [-0.3, -0.25) is 9.89 Å². The predicted octanol–water partition coefficient (Wildman–Crippen LogP) is 1.31. The Morgan fingerprint density at radius 2 is 2.08 bits per heavy atom. The lowest BCUT2D eigenvalue weighted by molar-refractivity contribution is -0.133. The number of carbonyl (C=O) groups is 1. The third-order valence-corrected chi connectivity index (χ3v) is 4.82. The van der Waals surface area contributed by atoms with Crippen LogP contribution in [0.3, 0.4) is 0 Å². The van der Waals surface area contributed by atoms with Gasteiger partial charge in [0.05, 0.1) is 12.5 Å². The van der Waals surface area contributed by atoms with Crippen molar-refractivity contribution in [3.8, 4) is 0 Å². The van der Waals surface area contributed by atoms with Crippen molar-refractivity contribution in [2.75, 3.05) is 32.8 Å². The van der Waals surface area contributed by atoms with Gasteiger partial charge in [-0.05, 0) is 25.3 Å². The largest absolute Gasteiger partial charge is 0.396 e. The minimum atomic E-state index is -0.115. The molecular weight excluding hydrogens is 330 g/mol. The molecular formula is C19H27N5O2. The monoisotopic (exact) mass is 357 g/mol. The SMILES string of the molecule is Cc1nc(C2CCN(CCCO)CCN2C(=O)Cc2ccccc2)n[nH]1. The Bertz CT molecular complexity index is 703. The third-order valence-electron chi connectivity index (χ3n) is 4.82. The number of benzene rings is 1. The molecule has 26 heavy (non-hydrogen) atoms. The third kappa shape index (κ3) is 4.68. The molecule has 7 heteroatoms. The number of H-pyrrole nitrogens is 1. The zero-order valence-corrected chi connectivity index (χ0v) is 15.3. The second-order valence-electron chi connectivity index (χ2n) is 6.75. The van der Waals surface area contributed by atoms with Gasteiger partial charge < -0.3 is 14.9 Å². The molecule has 3 rings (SSSR count). The Hall–Kier alpha value is -2.25. The Labute approximate surface area is 154 Å². The lowest BCUT2D eigenvalue weighted by atomic mass is 10.1. The number of aromatic nitrogens is 3.